The van der Waals surface area contributed by atoms with E-state index in [-0.39, 0.29) is 18.1 Å². The summed E-state index contributed by atoms with van der Waals surface area (Å²) in [4.78, 5) is 21.7. The molecule has 0 spiro atoms. The molecule has 0 aliphatic heterocycles. The van der Waals surface area contributed by atoms with Gasteiger partial charge in [-0.1, -0.05) is 12.1 Å². The number of hydrogen-bond acceptors (Lipinski definition) is 5. The van der Waals surface area contributed by atoms with E-state index in [0.717, 1.165) is 12.1 Å². The molecule has 0 unspecified atom stereocenters. The monoisotopic (exact) mass is 319 g/mol. The molecule has 2 N–H and O–H groups in total. The van der Waals surface area contributed by atoms with E-state index in [9.17, 15) is 19.3 Å². The van der Waals surface area contributed by atoms with Crippen LogP contribution in [0.15, 0.2) is 42.5 Å². The molecule has 8 heteroatoms. The van der Waals surface area contributed by atoms with E-state index in [1.54, 1.807) is 24.3 Å². The van der Waals surface area contributed by atoms with E-state index in [1.165, 1.54) is 13.2 Å². The van der Waals surface area contributed by atoms with Crippen molar-refractivity contribution in [2.45, 2.75) is 0 Å². The normalized spacial score (nSPS) is 10.0. The molecule has 0 radical (unpaired) electrons. The molecule has 120 valence electrons. The molecule has 0 atom stereocenters. The van der Waals surface area contributed by atoms with E-state index in [2.05, 4.69) is 10.6 Å². The maximum absolute atomic E-state index is 13.2. The van der Waals surface area contributed by atoms with Crippen molar-refractivity contribution in [3.8, 4) is 5.75 Å². The number of nitrogens with zero attached hydrogens (tertiary/aromatic N) is 1. The van der Waals surface area contributed by atoms with Gasteiger partial charge in [-0.2, -0.15) is 4.39 Å². The molecule has 0 saturated carbocycles. The van der Waals surface area contributed by atoms with Crippen LogP contribution in [-0.4, -0.2) is 24.5 Å². The number of amides is 1. The highest BCUT2D eigenvalue weighted by Crippen LogP contribution is 2.23. The van der Waals surface area contributed by atoms with Crippen molar-refractivity contribution in [3.63, 3.8) is 0 Å². The number of nitrogens with one attached hydrogen (secondary N) is 2. The molecule has 0 saturated heterocycles. The number of nitro groups is 1. The van der Waals surface area contributed by atoms with Crippen molar-refractivity contribution in [1.29, 1.82) is 0 Å². The molecule has 0 heterocycles. The fraction of sp³-hybridized carbons (Fsp3) is 0.133. The van der Waals surface area contributed by atoms with Crippen molar-refractivity contribution in [2.75, 3.05) is 24.3 Å². The summed E-state index contributed by atoms with van der Waals surface area (Å²) in [6.45, 7) is -0.138. The molecule has 1 amide bonds. The summed E-state index contributed by atoms with van der Waals surface area (Å²) in [6, 6.07) is 10.2. The Labute approximate surface area is 131 Å². The average Bonchev–Trinajstić information content (AvgIpc) is 2.54. The molecule has 0 aromatic heterocycles. The van der Waals surface area contributed by atoms with Crippen molar-refractivity contribution in [1.82, 2.24) is 0 Å². The number of methoxy groups -OCH3 is 1. The second kappa shape index (κ2) is 7.21. The van der Waals surface area contributed by atoms with Crippen LogP contribution in [0.4, 0.5) is 21.5 Å². The molecule has 0 aliphatic rings. The number of ether oxygens (including phenoxy) is 1. The number of para-hydroxylation sites is 2. The Kier molecular flexibility index (Phi) is 5.08. The fourth-order valence-corrected chi connectivity index (χ4v) is 1.89. The van der Waals surface area contributed by atoms with Crippen LogP contribution in [0.1, 0.15) is 0 Å². The summed E-state index contributed by atoms with van der Waals surface area (Å²) in [7, 11) is 1.49. The minimum Gasteiger partial charge on any atom is -0.495 e. The van der Waals surface area contributed by atoms with Gasteiger partial charge in [-0.25, -0.2) is 0 Å². The quantitative estimate of drug-likeness (QED) is 0.631. The lowest BCUT2D eigenvalue weighted by molar-refractivity contribution is -0.387. The maximum atomic E-state index is 13.2. The predicted molar refractivity (Wildman–Crippen MR) is 83.2 cm³/mol. The molecule has 23 heavy (non-hydrogen) atoms. The summed E-state index contributed by atoms with van der Waals surface area (Å²) in [5.74, 6) is -0.793. The number of carbonyl (C=O) groups excluding carboxylic acids is 1. The standard InChI is InChI=1S/C15H14FN3O4/c1-23-14-5-3-2-4-12(14)18-15(20)9-17-10-6-7-11(16)13(8-10)19(21)22/h2-8,17H,9H2,1H3,(H,18,20). The highest BCUT2D eigenvalue weighted by molar-refractivity contribution is 5.95. The third-order valence-corrected chi connectivity index (χ3v) is 2.98. The molecule has 0 bridgehead atoms. The molecular formula is C15H14FN3O4. The number of benzene rings is 2. The number of carbonyl (C=O) groups is 1. The number of halogens is 1. The van der Waals surface area contributed by atoms with Crippen molar-refractivity contribution in [3.05, 3.63) is 58.4 Å². The zero-order valence-corrected chi connectivity index (χ0v) is 12.2. The van der Waals surface area contributed by atoms with E-state index in [4.69, 9.17) is 4.74 Å². The van der Waals surface area contributed by atoms with Gasteiger partial charge in [-0.3, -0.25) is 14.9 Å². The number of hydrogen-bond donors (Lipinski definition) is 2. The Morgan fingerprint density at radius 3 is 2.74 bits per heavy atom. The molecule has 2 aromatic carbocycles. The summed E-state index contributed by atoms with van der Waals surface area (Å²) < 4.78 is 18.3. The maximum Gasteiger partial charge on any atom is 0.306 e. The first-order chi connectivity index (χ1) is 11.0. The molecule has 2 rings (SSSR count). The largest absolute Gasteiger partial charge is 0.495 e. The third-order valence-electron chi connectivity index (χ3n) is 2.98. The summed E-state index contributed by atoms with van der Waals surface area (Å²) in [5.41, 5.74) is 0.125. The van der Waals surface area contributed by atoms with Gasteiger partial charge in [-0.05, 0) is 24.3 Å². The highest BCUT2D eigenvalue weighted by Gasteiger charge is 2.14. The first-order valence-corrected chi connectivity index (χ1v) is 6.62. The average molecular weight is 319 g/mol. The molecule has 2 aromatic rings. The smallest absolute Gasteiger partial charge is 0.306 e. The third kappa shape index (κ3) is 4.16. The van der Waals surface area contributed by atoms with Crippen molar-refractivity contribution >= 4 is 23.0 Å². The highest BCUT2D eigenvalue weighted by atomic mass is 19.1. The van der Waals surface area contributed by atoms with Crippen LogP contribution in [0.2, 0.25) is 0 Å². The van der Waals surface area contributed by atoms with Crippen LogP contribution >= 0.6 is 0 Å². The van der Waals surface area contributed by atoms with Gasteiger partial charge in [0.05, 0.1) is 24.3 Å². The summed E-state index contributed by atoms with van der Waals surface area (Å²) >= 11 is 0. The molecule has 0 fully saturated rings. The van der Waals surface area contributed by atoms with E-state index >= 15 is 0 Å². The first kappa shape index (κ1) is 16.2. The van der Waals surface area contributed by atoms with Gasteiger partial charge in [0.15, 0.2) is 0 Å². The summed E-state index contributed by atoms with van der Waals surface area (Å²) in [5, 5.41) is 16.0. The number of anilines is 2. The van der Waals surface area contributed by atoms with Gasteiger partial charge in [-0.15, -0.1) is 0 Å². The lowest BCUT2D eigenvalue weighted by atomic mass is 10.2. The number of rotatable bonds is 6. The minimum atomic E-state index is -0.931. The molecule has 0 aliphatic carbocycles. The van der Waals surface area contributed by atoms with Crippen LogP contribution in [0.25, 0.3) is 0 Å². The summed E-state index contributed by atoms with van der Waals surface area (Å²) in [6.07, 6.45) is 0. The van der Waals surface area contributed by atoms with Crippen molar-refractivity contribution < 1.29 is 18.8 Å². The Morgan fingerprint density at radius 2 is 2.04 bits per heavy atom. The Balaban J connectivity index is 1.99. The van der Waals surface area contributed by atoms with E-state index in [1.807, 2.05) is 0 Å². The van der Waals surface area contributed by atoms with Crippen LogP contribution in [-0.2, 0) is 4.79 Å². The predicted octanol–water partition coefficient (Wildman–Crippen LogP) is 2.79. The Bertz CT molecular complexity index is 736. The van der Waals surface area contributed by atoms with Gasteiger partial charge in [0.2, 0.25) is 11.7 Å². The SMILES string of the molecule is COc1ccccc1NC(=O)CNc1ccc(F)c([N+](=O)[O-])c1. The number of nitro benzene ring substituents is 1. The zero-order chi connectivity index (χ0) is 16.8. The first-order valence-electron chi connectivity index (χ1n) is 6.62. The van der Waals surface area contributed by atoms with Crippen LogP contribution in [0.3, 0.4) is 0 Å². The minimum absolute atomic E-state index is 0.138. The second-order valence-corrected chi connectivity index (χ2v) is 4.53. The van der Waals surface area contributed by atoms with Crippen LogP contribution in [0.5, 0.6) is 5.75 Å². The molecular weight excluding hydrogens is 305 g/mol. The lowest BCUT2D eigenvalue weighted by Crippen LogP contribution is -2.22. The van der Waals surface area contributed by atoms with Gasteiger partial charge < -0.3 is 15.4 Å². The zero-order valence-electron chi connectivity index (χ0n) is 12.2. The second-order valence-electron chi connectivity index (χ2n) is 4.53. The van der Waals surface area contributed by atoms with Crippen molar-refractivity contribution in [2.24, 2.45) is 0 Å². The van der Waals surface area contributed by atoms with Gasteiger partial charge >= 0.3 is 5.69 Å². The lowest BCUT2D eigenvalue weighted by Gasteiger charge is -2.11. The van der Waals surface area contributed by atoms with Gasteiger partial charge in [0.1, 0.15) is 5.75 Å². The van der Waals surface area contributed by atoms with Crippen LogP contribution < -0.4 is 15.4 Å². The van der Waals surface area contributed by atoms with E-state index in [0.29, 0.717) is 11.4 Å². The van der Waals surface area contributed by atoms with E-state index < -0.39 is 16.4 Å². The van der Waals surface area contributed by atoms with Crippen LogP contribution in [0, 0.1) is 15.9 Å². The molecule has 7 nitrogen and oxygen atoms in total. The van der Waals surface area contributed by atoms with Gasteiger partial charge in [0, 0.05) is 11.8 Å². The van der Waals surface area contributed by atoms with Gasteiger partial charge in [0.25, 0.3) is 0 Å². The Hall–Kier alpha value is -3.16. The Morgan fingerprint density at radius 1 is 1.30 bits per heavy atom. The fourth-order valence-electron chi connectivity index (χ4n) is 1.89. The topological polar surface area (TPSA) is 93.5 Å².